The lowest BCUT2D eigenvalue weighted by atomic mass is 10.2. The third-order valence-electron chi connectivity index (χ3n) is 2.91. The van der Waals surface area contributed by atoms with Crippen LogP contribution in [-0.4, -0.2) is 32.8 Å². The lowest BCUT2D eigenvalue weighted by molar-refractivity contribution is 0.0693. The van der Waals surface area contributed by atoms with Crippen LogP contribution in [0.3, 0.4) is 0 Å². The largest absolute Gasteiger partial charge is 0.497 e. The van der Waals surface area contributed by atoms with Crippen molar-refractivity contribution in [2.45, 2.75) is 0 Å². The molecule has 3 rings (SSSR count). The number of carboxylic acids is 1. The Bertz CT molecular complexity index is 813. The van der Waals surface area contributed by atoms with Crippen LogP contribution in [0, 0.1) is 0 Å². The monoisotopic (exact) mass is 285 g/mol. The zero-order valence-corrected chi connectivity index (χ0v) is 11.1. The highest BCUT2D eigenvalue weighted by Gasteiger charge is 2.15. The molecule has 0 bridgehead atoms. The number of methoxy groups -OCH3 is 1. The number of rotatable bonds is 4. The molecule has 0 saturated heterocycles. The van der Waals surface area contributed by atoms with Gasteiger partial charge < -0.3 is 14.6 Å². The van der Waals surface area contributed by atoms with E-state index in [0.29, 0.717) is 11.3 Å². The third-order valence-corrected chi connectivity index (χ3v) is 2.91. The van der Waals surface area contributed by atoms with Gasteiger partial charge in [-0.25, -0.2) is 14.3 Å². The summed E-state index contributed by atoms with van der Waals surface area (Å²) < 4.78 is 12.2. The number of benzene rings is 1. The molecular weight excluding hydrogens is 274 g/mol. The second kappa shape index (κ2) is 5.12. The fourth-order valence-corrected chi connectivity index (χ4v) is 1.91. The third kappa shape index (κ3) is 2.36. The molecule has 7 heteroatoms. The van der Waals surface area contributed by atoms with Gasteiger partial charge in [0.15, 0.2) is 0 Å². The molecule has 2 aromatic heterocycles. The Kier molecular flexibility index (Phi) is 3.15. The minimum absolute atomic E-state index is 0.00216. The van der Waals surface area contributed by atoms with E-state index in [1.165, 1.54) is 25.4 Å². The normalized spacial score (nSPS) is 10.5. The first-order valence-electron chi connectivity index (χ1n) is 6.06. The Morgan fingerprint density at radius 3 is 2.90 bits per heavy atom. The van der Waals surface area contributed by atoms with Crippen molar-refractivity contribution in [3.8, 4) is 17.4 Å². The predicted octanol–water partition coefficient (Wildman–Crippen LogP) is 2.23. The Balaban J connectivity index is 2.05. The van der Waals surface area contributed by atoms with Crippen LogP contribution < -0.4 is 9.47 Å². The van der Waals surface area contributed by atoms with Crippen molar-refractivity contribution >= 4 is 11.5 Å². The van der Waals surface area contributed by atoms with Crippen LogP contribution >= 0.6 is 0 Å². The van der Waals surface area contributed by atoms with E-state index in [-0.39, 0.29) is 17.2 Å². The topological polar surface area (TPSA) is 86.0 Å². The molecule has 0 aliphatic rings. The van der Waals surface area contributed by atoms with E-state index < -0.39 is 5.97 Å². The van der Waals surface area contributed by atoms with Gasteiger partial charge in [-0.2, -0.15) is 5.10 Å². The Labute approximate surface area is 119 Å². The number of carbonyl (C=O) groups is 1. The molecule has 1 N–H and O–H groups in total. The second-order valence-electron chi connectivity index (χ2n) is 4.16. The maximum Gasteiger partial charge on any atom is 0.339 e. The summed E-state index contributed by atoms with van der Waals surface area (Å²) in [6.07, 6.45) is 4.81. The van der Waals surface area contributed by atoms with Gasteiger partial charge in [0, 0.05) is 12.4 Å². The van der Waals surface area contributed by atoms with Crippen molar-refractivity contribution in [2.24, 2.45) is 0 Å². The van der Waals surface area contributed by atoms with Crippen molar-refractivity contribution in [2.75, 3.05) is 7.11 Å². The van der Waals surface area contributed by atoms with Crippen molar-refractivity contribution in [3.05, 3.63) is 48.4 Å². The van der Waals surface area contributed by atoms with E-state index in [9.17, 15) is 9.90 Å². The van der Waals surface area contributed by atoms with E-state index in [0.717, 1.165) is 0 Å². The molecule has 7 nitrogen and oxygen atoms in total. The zero-order valence-electron chi connectivity index (χ0n) is 11.1. The summed E-state index contributed by atoms with van der Waals surface area (Å²) in [6, 6.07) is 6.28. The quantitative estimate of drug-likeness (QED) is 0.791. The fourth-order valence-electron chi connectivity index (χ4n) is 1.91. The number of hydrogen-bond donors (Lipinski definition) is 1. The number of nitrogens with zero attached hydrogens (tertiary/aromatic N) is 3. The van der Waals surface area contributed by atoms with Crippen molar-refractivity contribution < 1.29 is 19.4 Å². The highest BCUT2D eigenvalue weighted by molar-refractivity contribution is 5.91. The molecule has 0 aliphatic carbocycles. The van der Waals surface area contributed by atoms with Crippen LogP contribution in [0.5, 0.6) is 17.4 Å². The summed E-state index contributed by atoms with van der Waals surface area (Å²) in [4.78, 5) is 15.4. The van der Waals surface area contributed by atoms with Crippen LogP contribution in [0.25, 0.3) is 5.52 Å². The molecule has 106 valence electrons. The Morgan fingerprint density at radius 2 is 2.14 bits per heavy atom. The van der Waals surface area contributed by atoms with E-state index in [4.69, 9.17) is 9.47 Å². The molecule has 0 atom stereocenters. The minimum atomic E-state index is -1.11. The smallest absolute Gasteiger partial charge is 0.339 e. The Hall–Kier alpha value is -3.09. The number of carboxylic acid groups (broad SMARTS) is 1. The van der Waals surface area contributed by atoms with E-state index in [1.807, 2.05) is 0 Å². The van der Waals surface area contributed by atoms with Gasteiger partial charge in [-0.15, -0.1) is 0 Å². The van der Waals surface area contributed by atoms with Gasteiger partial charge in [0.1, 0.15) is 22.6 Å². The van der Waals surface area contributed by atoms with E-state index >= 15 is 0 Å². The molecule has 3 aromatic rings. The average Bonchev–Trinajstić information content (AvgIpc) is 2.97. The van der Waals surface area contributed by atoms with Crippen molar-refractivity contribution in [1.82, 2.24) is 14.6 Å². The Morgan fingerprint density at radius 1 is 1.29 bits per heavy atom. The van der Waals surface area contributed by atoms with Gasteiger partial charge >= 0.3 is 5.97 Å². The number of ether oxygens (including phenoxy) is 2. The number of aromatic carboxylic acids is 1. The molecular formula is C14H11N3O4. The minimum Gasteiger partial charge on any atom is -0.497 e. The molecule has 0 unspecified atom stereocenters. The van der Waals surface area contributed by atoms with Crippen molar-refractivity contribution in [3.63, 3.8) is 0 Å². The van der Waals surface area contributed by atoms with Crippen LogP contribution in [0.4, 0.5) is 0 Å². The maximum absolute atomic E-state index is 11.3. The molecule has 2 heterocycles. The van der Waals surface area contributed by atoms with Gasteiger partial charge in [0.2, 0.25) is 5.88 Å². The van der Waals surface area contributed by atoms with Crippen LogP contribution in [-0.2, 0) is 0 Å². The summed E-state index contributed by atoms with van der Waals surface area (Å²) in [6.45, 7) is 0. The molecule has 0 fully saturated rings. The first kappa shape index (κ1) is 12.9. The summed E-state index contributed by atoms with van der Waals surface area (Å²) in [7, 11) is 1.47. The number of hydrogen-bond acceptors (Lipinski definition) is 5. The molecule has 1 aromatic carbocycles. The number of fused-ring (bicyclic) bond motifs is 1. The first-order valence-corrected chi connectivity index (χ1v) is 6.06. The van der Waals surface area contributed by atoms with Crippen molar-refractivity contribution in [1.29, 1.82) is 0 Å². The standard InChI is InChI=1S/C14H11N3O4/c1-20-9-2-3-12(10(8-9)14(18)19)21-13-11-4-5-16-17(11)7-6-15-13/h2-8H,1H3,(H,18,19). The first-order chi connectivity index (χ1) is 10.2. The van der Waals surface area contributed by atoms with Gasteiger partial charge in [-0.3, -0.25) is 0 Å². The zero-order chi connectivity index (χ0) is 14.8. The molecule has 0 amide bonds. The molecule has 0 aliphatic heterocycles. The molecule has 0 saturated carbocycles. The predicted molar refractivity (Wildman–Crippen MR) is 73.0 cm³/mol. The highest BCUT2D eigenvalue weighted by atomic mass is 16.5. The lowest BCUT2D eigenvalue weighted by Crippen LogP contribution is -2.02. The second-order valence-corrected chi connectivity index (χ2v) is 4.16. The highest BCUT2D eigenvalue weighted by Crippen LogP contribution is 2.29. The van der Waals surface area contributed by atoms with Crippen LogP contribution in [0.15, 0.2) is 42.9 Å². The van der Waals surface area contributed by atoms with Gasteiger partial charge in [0.25, 0.3) is 0 Å². The van der Waals surface area contributed by atoms with Gasteiger partial charge in [-0.05, 0) is 24.3 Å². The molecule has 0 radical (unpaired) electrons. The molecule has 0 spiro atoms. The lowest BCUT2D eigenvalue weighted by Gasteiger charge is -2.10. The van der Waals surface area contributed by atoms with E-state index in [1.54, 1.807) is 29.0 Å². The SMILES string of the molecule is COc1ccc(Oc2nccn3nccc23)c(C(=O)O)c1. The summed E-state index contributed by atoms with van der Waals surface area (Å²) >= 11 is 0. The summed E-state index contributed by atoms with van der Waals surface area (Å²) in [5.41, 5.74) is 0.641. The van der Waals surface area contributed by atoms with Gasteiger partial charge in [-0.1, -0.05) is 0 Å². The molecule has 21 heavy (non-hydrogen) atoms. The van der Waals surface area contributed by atoms with Gasteiger partial charge in [0.05, 0.1) is 13.3 Å². The fraction of sp³-hybridized carbons (Fsp3) is 0.0714. The van der Waals surface area contributed by atoms with Crippen LogP contribution in [0.2, 0.25) is 0 Å². The van der Waals surface area contributed by atoms with E-state index in [2.05, 4.69) is 10.1 Å². The summed E-state index contributed by atoms with van der Waals surface area (Å²) in [5.74, 6) is -0.201. The van der Waals surface area contributed by atoms with Crippen LogP contribution in [0.1, 0.15) is 10.4 Å². The number of aromatic nitrogens is 3. The maximum atomic E-state index is 11.3. The average molecular weight is 285 g/mol. The summed E-state index contributed by atoms with van der Waals surface area (Å²) in [5, 5.41) is 13.3.